The lowest BCUT2D eigenvalue weighted by Gasteiger charge is -2.23. The van der Waals surface area contributed by atoms with Gasteiger partial charge in [-0.15, -0.1) is 0 Å². The summed E-state index contributed by atoms with van der Waals surface area (Å²) in [7, 11) is -0.583. The first-order chi connectivity index (χ1) is 8.22. The first-order valence-corrected chi connectivity index (χ1v) is 7.88. The van der Waals surface area contributed by atoms with Gasteiger partial charge in [0.25, 0.3) is 0 Å². The van der Waals surface area contributed by atoms with Crippen LogP contribution < -0.4 is 5.32 Å². The zero-order chi connectivity index (χ0) is 11.8. The van der Waals surface area contributed by atoms with Gasteiger partial charge in [0.15, 0.2) is 0 Å². The van der Waals surface area contributed by atoms with Crippen molar-refractivity contribution in [1.82, 2.24) is 9.55 Å². The molecule has 2 heterocycles. The summed E-state index contributed by atoms with van der Waals surface area (Å²) in [4.78, 5) is 4.56. The van der Waals surface area contributed by atoms with Gasteiger partial charge in [-0.1, -0.05) is 0 Å². The van der Waals surface area contributed by atoms with Gasteiger partial charge in [-0.05, 0) is 32.6 Å². The number of aryl methyl sites for hydroxylation is 1. The van der Waals surface area contributed by atoms with Crippen LogP contribution in [0.15, 0.2) is 6.20 Å². The lowest BCUT2D eigenvalue weighted by Crippen LogP contribution is -2.30. The minimum Gasteiger partial charge on any atom is -0.353 e. The number of hydrogen-bond donors (Lipinski definition) is 1. The van der Waals surface area contributed by atoms with Crippen molar-refractivity contribution >= 4 is 16.7 Å². The Hall–Kier alpha value is -0.840. The van der Waals surface area contributed by atoms with Crippen LogP contribution in [-0.4, -0.2) is 31.3 Å². The van der Waals surface area contributed by atoms with Gasteiger partial charge in [0.2, 0.25) is 5.95 Å². The van der Waals surface area contributed by atoms with Crippen molar-refractivity contribution in [1.29, 1.82) is 0 Å². The Morgan fingerprint density at radius 3 is 2.71 bits per heavy atom. The first-order valence-electron chi connectivity index (χ1n) is 6.39. The molecule has 17 heavy (non-hydrogen) atoms. The molecule has 1 aromatic heterocycles. The van der Waals surface area contributed by atoms with Gasteiger partial charge in [0.1, 0.15) is 0 Å². The molecule has 5 heteroatoms. The van der Waals surface area contributed by atoms with Crippen LogP contribution in [0.1, 0.15) is 37.4 Å². The van der Waals surface area contributed by atoms with E-state index in [2.05, 4.69) is 21.1 Å². The fourth-order valence-corrected chi connectivity index (χ4v) is 3.67. The summed E-state index contributed by atoms with van der Waals surface area (Å²) in [6.07, 6.45) is 6.70. The molecule has 94 valence electrons. The molecule has 0 bridgehead atoms. The van der Waals surface area contributed by atoms with E-state index in [0.29, 0.717) is 12.1 Å². The maximum atomic E-state index is 11.3. The van der Waals surface area contributed by atoms with Crippen LogP contribution in [0.25, 0.3) is 0 Å². The van der Waals surface area contributed by atoms with E-state index in [1.807, 2.05) is 6.92 Å². The topological polar surface area (TPSA) is 46.9 Å². The van der Waals surface area contributed by atoms with Crippen molar-refractivity contribution in [3.63, 3.8) is 0 Å². The Balaban J connectivity index is 1.69. The van der Waals surface area contributed by atoms with Crippen LogP contribution in [0, 0.1) is 6.92 Å². The third-order valence-electron chi connectivity index (χ3n) is 3.51. The third-order valence-corrected chi connectivity index (χ3v) is 4.90. The number of hydrogen-bond acceptors (Lipinski definition) is 3. The van der Waals surface area contributed by atoms with Gasteiger partial charge >= 0.3 is 0 Å². The molecule has 3 rings (SSSR count). The SMILES string of the molecule is Cc1cn(C2CC2)c(NC2CCS(=O)CC2)n1. The normalized spacial score (nSPS) is 29.2. The lowest BCUT2D eigenvalue weighted by atomic mass is 10.2. The highest BCUT2D eigenvalue weighted by molar-refractivity contribution is 7.85. The standard InChI is InChI=1S/C12H19N3OS/c1-9-8-15(11-2-3-11)12(13-9)14-10-4-6-17(16)7-5-10/h8,10-11H,2-7H2,1H3,(H,13,14). The molecule has 1 aliphatic heterocycles. The van der Waals surface area contributed by atoms with Crippen LogP contribution in [0.5, 0.6) is 0 Å². The second-order valence-corrected chi connectivity index (χ2v) is 6.81. The summed E-state index contributed by atoms with van der Waals surface area (Å²) in [6, 6.07) is 1.11. The van der Waals surface area contributed by atoms with Crippen LogP contribution in [0.3, 0.4) is 0 Å². The summed E-state index contributed by atoms with van der Waals surface area (Å²) < 4.78 is 13.6. The number of anilines is 1. The second kappa shape index (κ2) is 4.44. The molecular formula is C12H19N3OS. The van der Waals surface area contributed by atoms with E-state index < -0.39 is 10.8 Å². The molecule has 1 saturated carbocycles. The van der Waals surface area contributed by atoms with E-state index in [9.17, 15) is 4.21 Å². The highest BCUT2D eigenvalue weighted by atomic mass is 32.2. The molecule has 2 fully saturated rings. The zero-order valence-electron chi connectivity index (χ0n) is 10.2. The Bertz CT molecular complexity index is 429. The Morgan fingerprint density at radius 1 is 1.35 bits per heavy atom. The van der Waals surface area contributed by atoms with E-state index in [0.717, 1.165) is 36.0 Å². The average Bonchev–Trinajstić information content (AvgIpc) is 3.07. The van der Waals surface area contributed by atoms with Crippen molar-refractivity contribution in [2.45, 2.75) is 44.7 Å². The maximum absolute atomic E-state index is 11.3. The van der Waals surface area contributed by atoms with E-state index in [1.165, 1.54) is 12.8 Å². The molecule has 1 saturated heterocycles. The third kappa shape index (κ3) is 2.54. The monoisotopic (exact) mass is 253 g/mol. The highest BCUT2D eigenvalue weighted by Crippen LogP contribution is 2.37. The molecule has 0 unspecified atom stereocenters. The van der Waals surface area contributed by atoms with Crippen LogP contribution in [0.2, 0.25) is 0 Å². The molecule has 0 amide bonds. The van der Waals surface area contributed by atoms with Crippen LogP contribution >= 0.6 is 0 Å². The van der Waals surface area contributed by atoms with Gasteiger partial charge in [-0.3, -0.25) is 4.21 Å². The highest BCUT2D eigenvalue weighted by Gasteiger charge is 2.27. The summed E-state index contributed by atoms with van der Waals surface area (Å²) in [6.45, 7) is 2.04. The summed E-state index contributed by atoms with van der Waals surface area (Å²) >= 11 is 0. The van der Waals surface area contributed by atoms with Gasteiger partial charge in [-0.25, -0.2) is 4.98 Å². The minimum atomic E-state index is -0.583. The van der Waals surface area contributed by atoms with Gasteiger partial charge in [-0.2, -0.15) is 0 Å². The fourth-order valence-electron chi connectivity index (χ4n) is 2.37. The van der Waals surface area contributed by atoms with E-state index >= 15 is 0 Å². The summed E-state index contributed by atoms with van der Waals surface area (Å²) in [5.41, 5.74) is 1.08. The van der Waals surface area contributed by atoms with E-state index in [-0.39, 0.29) is 0 Å². The number of rotatable bonds is 3. The first kappa shape index (κ1) is 11.3. The molecule has 1 aromatic rings. The second-order valence-electron chi connectivity index (χ2n) is 5.11. The van der Waals surface area contributed by atoms with Crippen molar-refractivity contribution in [2.24, 2.45) is 0 Å². The Kier molecular flexibility index (Phi) is 2.94. The molecule has 1 N–H and O–H groups in total. The largest absolute Gasteiger partial charge is 0.353 e. The summed E-state index contributed by atoms with van der Waals surface area (Å²) in [5, 5.41) is 3.53. The van der Waals surface area contributed by atoms with Crippen molar-refractivity contribution in [3.05, 3.63) is 11.9 Å². The number of nitrogens with zero attached hydrogens (tertiary/aromatic N) is 2. The van der Waals surface area contributed by atoms with Crippen molar-refractivity contribution < 1.29 is 4.21 Å². The smallest absolute Gasteiger partial charge is 0.203 e. The summed E-state index contributed by atoms with van der Waals surface area (Å²) in [5.74, 6) is 2.68. The van der Waals surface area contributed by atoms with Gasteiger partial charge in [0.05, 0.1) is 5.69 Å². The molecule has 2 aliphatic rings. The number of imidazole rings is 1. The van der Waals surface area contributed by atoms with Gasteiger partial charge in [0, 0.05) is 40.6 Å². The van der Waals surface area contributed by atoms with Crippen LogP contribution in [0.4, 0.5) is 5.95 Å². The molecular weight excluding hydrogens is 234 g/mol. The fraction of sp³-hybridized carbons (Fsp3) is 0.750. The molecule has 1 aliphatic carbocycles. The quantitative estimate of drug-likeness (QED) is 0.894. The average molecular weight is 253 g/mol. The van der Waals surface area contributed by atoms with E-state index in [1.54, 1.807) is 0 Å². The maximum Gasteiger partial charge on any atom is 0.203 e. The zero-order valence-corrected chi connectivity index (χ0v) is 11.0. The van der Waals surface area contributed by atoms with Crippen molar-refractivity contribution in [3.8, 4) is 0 Å². The number of aromatic nitrogens is 2. The van der Waals surface area contributed by atoms with E-state index in [4.69, 9.17) is 0 Å². The molecule has 0 atom stereocenters. The predicted molar refractivity (Wildman–Crippen MR) is 69.8 cm³/mol. The molecule has 0 radical (unpaired) electrons. The Morgan fingerprint density at radius 2 is 2.06 bits per heavy atom. The lowest BCUT2D eigenvalue weighted by molar-refractivity contribution is 0.613. The van der Waals surface area contributed by atoms with Crippen molar-refractivity contribution in [2.75, 3.05) is 16.8 Å². The number of nitrogens with one attached hydrogen (secondary N) is 1. The molecule has 0 aromatic carbocycles. The van der Waals surface area contributed by atoms with Crippen LogP contribution in [-0.2, 0) is 10.8 Å². The molecule has 0 spiro atoms. The van der Waals surface area contributed by atoms with Gasteiger partial charge < -0.3 is 9.88 Å². The molecule has 4 nitrogen and oxygen atoms in total. The predicted octanol–water partition coefficient (Wildman–Crippen LogP) is 1.85. The Labute approximate surface area is 104 Å². The minimum absolute atomic E-state index is 0.451.